The molecule has 1 aliphatic rings. The lowest BCUT2D eigenvalue weighted by Crippen LogP contribution is -2.26. The molecule has 1 atom stereocenters. The first-order chi connectivity index (χ1) is 3.80. The highest BCUT2D eigenvalue weighted by molar-refractivity contribution is 7.80. The summed E-state index contributed by atoms with van der Waals surface area (Å²) >= 11 is 4.81. The standard InChI is InChI=1S/C6H6NS/c7-5-3-1-2-4-6(5)8/h1-3,5H,7H2. The first-order valence-corrected chi connectivity index (χ1v) is 2.77. The van der Waals surface area contributed by atoms with Gasteiger partial charge in [-0.2, -0.15) is 0 Å². The molecule has 0 aromatic carbocycles. The average Bonchev–Trinajstić information content (AvgIpc) is 1.77. The topological polar surface area (TPSA) is 26.0 Å². The lowest BCUT2D eigenvalue weighted by molar-refractivity contribution is 1.10. The molecule has 0 aromatic heterocycles. The Morgan fingerprint density at radius 3 is 2.88 bits per heavy atom. The van der Waals surface area contributed by atoms with E-state index in [1.54, 1.807) is 6.08 Å². The van der Waals surface area contributed by atoms with Crippen LogP contribution in [0.5, 0.6) is 0 Å². The SMILES string of the molecule is NC1C=CC=[C]C1=S. The van der Waals surface area contributed by atoms with Gasteiger partial charge in [-0.1, -0.05) is 30.4 Å². The molecule has 0 heterocycles. The number of allylic oxidation sites excluding steroid dienone is 2. The fourth-order valence-corrected chi connectivity index (χ4v) is 0.636. The van der Waals surface area contributed by atoms with Crippen LogP contribution in [0.2, 0.25) is 0 Å². The Bertz CT molecular complexity index is 158. The highest BCUT2D eigenvalue weighted by atomic mass is 32.1. The van der Waals surface area contributed by atoms with E-state index in [-0.39, 0.29) is 6.04 Å². The fraction of sp³-hybridized carbons (Fsp3) is 0.167. The molecule has 2 heteroatoms. The van der Waals surface area contributed by atoms with Crippen LogP contribution in [0, 0.1) is 6.08 Å². The summed E-state index contributed by atoms with van der Waals surface area (Å²) in [6.45, 7) is 0. The zero-order chi connectivity index (χ0) is 5.98. The second kappa shape index (κ2) is 2.20. The Balaban J connectivity index is 2.74. The summed E-state index contributed by atoms with van der Waals surface area (Å²) in [6.07, 6.45) is 8.29. The Morgan fingerprint density at radius 1 is 1.75 bits per heavy atom. The number of hydrogen-bond acceptors (Lipinski definition) is 2. The minimum Gasteiger partial charge on any atom is -0.320 e. The highest BCUT2D eigenvalue weighted by Crippen LogP contribution is 1.95. The van der Waals surface area contributed by atoms with Crippen LogP contribution in [0.15, 0.2) is 18.2 Å². The number of thiocarbonyl (C=S) groups is 1. The van der Waals surface area contributed by atoms with E-state index in [9.17, 15) is 0 Å². The Kier molecular flexibility index (Phi) is 1.56. The van der Waals surface area contributed by atoms with E-state index in [0.717, 1.165) is 0 Å². The quantitative estimate of drug-likeness (QED) is 0.479. The predicted molar refractivity (Wildman–Crippen MR) is 37.5 cm³/mol. The van der Waals surface area contributed by atoms with Gasteiger partial charge < -0.3 is 5.73 Å². The molecule has 0 spiro atoms. The number of rotatable bonds is 0. The van der Waals surface area contributed by atoms with Crippen molar-refractivity contribution in [1.82, 2.24) is 0 Å². The molecule has 0 amide bonds. The number of nitrogens with two attached hydrogens (primary N) is 1. The average molecular weight is 124 g/mol. The van der Waals surface area contributed by atoms with E-state index in [0.29, 0.717) is 4.86 Å². The van der Waals surface area contributed by atoms with Gasteiger partial charge in [0.15, 0.2) is 0 Å². The van der Waals surface area contributed by atoms with Gasteiger partial charge in [-0.3, -0.25) is 0 Å². The summed E-state index contributed by atoms with van der Waals surface area (Å²) in [7, 11) is 0. The first-order valence-electron chi connectivity index (χ1n) is 2.36. The van der Waals surface area contributed by atoms with Gasteiger partial charge in [0.05, 0.1) is 6.04 Å². The van der Waals surface area contributed by atoms with E-state index < -0.39 is 0 Å². The molecule has 1 nitrogen and oxygen atoms in total. The molecule has 1 rings (SSSR count). The molecular formula is C6H6NS. The van der Waals surface area contributed by atoms with E-state index in [4.69, 9.17) is 18.0 Å². The van der Waals surface area contributed by atoms with Crippen molar-refractivity contribution in [3.05, 3.63) is 24.3 Å². The van der Waals surface area contributed by atoms with E-state index in [2.05, 4.69) is 6.08 Å². The summed E-state index contributed by atoms with van der Waals surface area (Å²) in [6, 6.07) is -0.0880. The maximum Gasteiger partial charge on any atom is 0.0593 e. The second-order valence-corrected chi connectivity index (χ2v) is 2.03. The van der Waals surface area contributed by atoms with Crippen molar-refractivity contribution < 1.29 is 0 Å². The second-order valence-electron chi connectivity index (χ2n) is 1.59. The summed E-state index contributed by atoms with van der Waals surface area (Å²) in [4.78, 5) is 0.688. The molecule has 0 saturated carbocycles. The minimum atomic E-state index is -0.0880. The van der Waals surface area contributed by atoms with Gasteiger partial charge in [0.25, 0.3) is 0 Å². The van der Waals surface area contributed by atoms with Gasteiger partial charge in [-0.05, 0) is 6.08 Å². The summed E-state index contributed by atoms with van der Waals surface area (Å²) in [5.74, 6) is 0. The zero-order valence-electron chi connectivity index (χ0n) is 4.29. The van der Waals surface area contributed by atoms with E-state index >= 15 is 0 Å². The molecule has 0 bridgehead atoms. The zero-order valence-corrected chi connectivity index (χ0v) is 5.11. The minimum absolute atomic E-state index is 0.0880. The van der Waals surface area contributed by atoms with Gasteiger partial charge in [-0.25, -0.2) is 0 Å². The molecule has 1 radical (unpaired) electrons. The van der Waals surface area contributed by atoms with Crippen molar-refractivity contribution in [3.8, 4) is 0 Å². The Morgan fingerprint density at radius 2 is 2.50 bits per heavy atom. The largest absolute Gasteiger partial charge is 0.320 e. The molecule has 0 aromatic rings. The summed E-state index contributed by atoms with van der Waals surface area (Å²) in [5.41, 5.74) is 5.47. The summed E-state index contributed by atoms with van der Waals surface area (Å²) in [5, 5.41) is 0. The van der Waals surface area contributed by atoms with Crippen molar-refractivity contribution in [2.45, 2.75) is 6.04 Å². The van der Waals surface area contributed by atoms with Crippen molar-refractivity contribution in [1.29, 1.82) is 0 Å². The summed E-state index contributed by atoms with van der Waals surface area (Å²) < 4.78 is 0. The molecule has 0 aliphatic heterocycles. The molecule has 0 fully saturated rings. The van der Waals surface area contributed by atoms with Crippen LogP contribution in [0.25, 0.3) is 0 Å². The molecule has 41 valence electrons. The highest BCUT2D eigenvalue weighted by Gasteiger charge is 2.02. The Labute approximate surface area is 53.9 Å². The molecule has 1 unspecified atom stereocenters. The van der Waals surface area contributed by atoms with Crippen molar-refractivity contribution >= 4 is 17.1 Å². The smallest absolute Gasteiger partial charge is 0.0593 e. The molecular weight excluding hydrogens is 118 g/mol. The van der Waals surface area contributed by atoms with Gasteiger partial charge in [0.2, 0.25) is 0 Å². The van der Waals surface area contributed by atoms with Gasteiger partial charge in [0.1, 0.15) is 0 Å². The van der Waals surface area contributed by atoms with Gasteiger partial charge in [0, 0.05) is 4.86 Å². The lowest BCUT2D eigenvalue weighted by Gasteiger charge is -2.04. The maximum atomic E-state index is 5.47. The molecule has 1 aliphatic carbocycles. The normalized spacial score (nSPS) is 26.6. The lowest BCUT2D eigenvalue weighted by atomic mass is 10.1. The van der Waals surface area contributed by atoms with Gasteiger partial charge in [-0.15, -0.1) is 0 Å². The van der Waals surface area contributed by atoms with Gasteiger partial charge >= 0.3 is 0 Å². The van der Waals surface area contributed by atoms with Crippen molar-refractivity contribution in [2.24, 2.45) is 5.73 Å². The molecule has 2 N–H and O–H groups in total. The van der Waals surface area contributed by atoms with Crippen LogP contribution in [-0.4, -0.2) is 10.9 Å². The van der Waals surface area contributed by atoms with E-state index in [1.807, 2.05) is 12.2 Å². The molecule has 0 saturated heterocycles. The molecule has 8 heavy (non-hydrogen) atoms. The third-order valence-corrected chi connectivity index (χ3v) is 1.33. The monoisotopic (exact) mass is 124 g/mol. The Hall–Kier alpha value is -0.470. The van der Waals surface area contributed by atoms with Crippen LogP contribution in [0.4, 0.5) is 0 Å². The predicted octanol–water partition coefficient (Wildman–Crippen LogP) is 0.613. The van der Waals surface area contributed by atoms with Crippen LogP contribution in [0.3, 0.4) is 0 Å². The third-order valence-electron chi connectivity index (χ3n) is 0.943. The van der Waals surface area contributed by atoms with Crippen LogP contribution >= 0.6 is 12.2 Å². The van der Waals surface area contributed by atoms with Crippen molar-refractivity contribution in [3.63, 3.8) is 0 Å². The first kappa shape index (κ1) is 5.66. The van der Waals surface area contributed by atoms with Crippen LogP contribution < -0.4 is 5.73 Å². The van der Waals surface area contributed by atoms with E-state index in [1.165, 1.54) is 0 Å². The third kappa shape index (κ3) is 1.02. The van der Waals surface area contributed by atoms with Crippen LogP contribution in [-0.2, 0) is 0 Å². The van der Waals surface area contributed by atoms with Crippen molar-refractivity contribution in [2.75, 3.05) is 0 Å². The number of hydrogen-bond donors (Lipinski definition) is 1. The van der Waals surface area contributed by atoms with Crippen LogP contribution in [0.1, 0.15) is 0 Å². The maximum absolute atomic E-state index is 5.47. The fourth-order valence-electron chi connectivity index (χ4n) is 0.489.